The summed E-state index contributed by atoms with van der Waals surface area (Å²) >= 11 is 2.41. The number of imide groups is 1. The maximum atomic E-state index is 12.6. The minimum absolute atomic E-state index is 0.129. The number of thioether (sulfide) groups is 1. The topological polar surface area (TPSA) is 84.9 Å². The lowest BCUT2D eigenvalue weighted by atomic mass is 10.2. The van der Waals surface area contributed by atoms with Crippen LogP contribution >= 0.6 is 23.1 Å². The van der Waals surface area contributed by atoms with Crippen molar-refractivity contribution in [1.29, 1.82) is 0 Å². The van der Waals surface area contributed by atoms with Gasteiger partial charge < -0.3 is 14.8 Å². The van der Waals surface area contributed by atoms with Gasteiger partial charge in [-0.15, -0.1) is 0 Å². The van der Waals surface area contributed by atoms with E-state index in [0.717, 1.165) is 27.8 Å². The molecule has 0 radical (unpaired) electrons. The Morgan fingerprint density at radius 1 is 1.23 bits per heavy atom. The zero-order valence-electron chi connectivity index (χ0n) is 16.7. The van der Waals surface area contributed by atoms with Crippen molar-refractivity contribution in [2.45, 2.75) is 13.3 Å². The third kappa shape index (κ3) is 5.43. The molecule has 0 aliphatic carbocycles. The van der Waals surface area contributed by atoms with E-state index in [2.05, 4.69) is 5.32 Å². The smallest absolute Gasteiger partial charge is 0.293 e. The molecular formula is C21H22N2O5S2. The van der Waals surface area contributed by atoms with Gasteiger partial charge in [-0.05, 0) is 64.8 Å². The standard InChI is InChI=1S/C21H22N2O5S2/c1-3-28-16-5-4-14(10-17(16)27-2)11-18-20(25)23(21(26)30-18)8-7-22-19(24)12-15-6-9-29-13-15/h4-6,9-11,13H,3,7-8,12H2,1-2H3,(H,22,24). The van der Waals surface area contributed by atoms with E-state index in [1.807, 2.05) is 23.8 Å². The van der Waals surface area contributed by atoms with Crippen molar-refractivity contribution in [3.8, 4) is 11.5 Å². The number of rotatable bonds is 9. The highest BCUT2D eigenvalue weighted by Crippen LogP contribution is 2.34. The second-order valence-electron chi connectivity index (χ2n) is 6.33. The summed E-state index contributed by atoms with van der Waals surface area (Å²) in [6.45, 7) is 2.74. The Labute approximate surface area is 183 Å². The largest absolute Gasteiger partial charge is 0.493 e. The molecule has 30 heavy (non-hydrogen) atoms. The summed E-state index contributed by atoms with van der Waals surface area (Å²) in [7, 11) is 1.54. The number of carbonyl (C=O) groups excluding carboxylic acids is 3. The van der Waals surface area contributed by atoms with E-state index < -0.39 is 0 Å². The molecule has 7 nitrogen and oxygen atoms in total. The Morgan fingerprint density at radius 2 is 2.07 bits per heavy atom. The number of amides is 3. The molecule has 2 heterocycles. The molecule has 0 spiro atoms. The highest BCUT2D eigenvalue weighted by atomic mass is 32.2. The molecule has 1 aromatic heterocycles. The van der Waals surface area contributed by atoms with Crippen molar-refractivity contribution in [3.63, 3.8) is 0 Å². The third-order valence-electron chi connectivity index (χ3n) is 4.26. The first-order valence-corrected chi connectivity index (χ1v) is 11.1. The first-order valence-electron chi connectivity index (χ1n) is 9.35. The molecule has 0 atom stereocenters. The van der Waals surface area contributed by atoms with Crippen LogP contribution in [0.25, 0.3) is 6.08 Å². The molecule has 1 fully saturated rings. The summed E-state index contributed by atoms with van der Waals surface area (Å²) in [6.07, 6.45) is 1.93. The maximum absolute atomic E-state index is 12.6. The molecule has 1 N–H and O–H groups in total. The summed E-state index contributed by atoms with van der Waals surface area (Å²) in [4.78, 5) is 38.3. The third-order valence-corrected chi connectivity index (χ3v) is 5.90. The van der Waals surface area contributed by atoms with Crippen LogP contribution in [0, 0.1) is 0 Å². The zero-order valence-corrected chi connectivity index (χ0v) is 18.3. The molecule has 1 saturated heterocycles. The van der Waals surface area contributed by atoms with Gasteiger partial charge >= 0.3 is 0 Å². The summed E-state index contributed by atoms with van der Waals surface area (Å²) in [5.74, 6) is 0.656. The van der Waals surface area contributed by atoms with Crippen molar-refractivity contribution in [1.82, 2.24) is 10.2 Å². The number of nitrogens with one attached hydrogen (secondary N) is 1. The number of carbonyl (C=O) groups is 3. The molecule has 0 bridgehead atoms. The molecular weight excluding hydrogens is 424 g/mol. The Balaban J connectivity index is 1.59. The van der Waals surface area contributed by atoms with Gasteiger partial charge in [-0.2, -0.15) is 11.3 Å². The van der Waals surface area contributed by atoms with Gasteiger partial charge in [0.25, 0.3) is 11.1 Å². The van der Waals surface area contributed by atoms with Gasteiger partial charge in [-0.25, -0.2) is 0 Å². The van der Waals surface area contributed by atoms with Crippen LogP contribution in [0.5, 0.6) is 11.5 Å². The van der Waals surface area contributed by atoms with Crippen molar-refractivity contribution < 1.29 is 23.9 Å². The van der Waals surface area contributed by atoms with Crippen molar-refractivity contribution in [3.05, 3.63) is 51.1 Å². The SMILES string of the molecule is CCOc1ccc(C=C2SC(=O)N(CCNC(=O)Cc3ccsc3)C2=O)cc1OC. The van der Waals surface area contributed by atoms with Gasteiger partial charge in [0, 0.05) is 13.1 Å². The van der Waals surface area contributed by atoms with E-state index in [9.17, 15) is 14.4 Å². The second kappa shape index (κ2) is 10.3. The fraction of sp³-hybridized carbons (Fsp3) is 0.286. The number of hydrogen-bond donors (Lipinski definition) is 1. The normalized spacial score (nSPS) is 15.0. The monoisotopic (exact) mass is 446 g/mol. The van der Waals surface area contributed by atoms with Crippen molar-refractivity contribution in [2.24, 2.45) is 0 Å². The van der Waals surface area contributed by atoms with Gasteiger partial charge in [0.2, 0.25) is 5.91 Å². The molecule has 1 aliphatic rings. The second-order valence-corrected chi connectivity index (χ2v) is 8.11. The average Bonchev–Trinajstić information content (AvgIpc) is 3.32. The minimum atomic E-state index is -0.370. The lowest BCUT2D eigenvalue weighted by Crippen LogP contribution is -2.37. The Hall–Kier alpha value is -2.78. The van der Waals surface area contributed by atoms with E-state index >= 15 is 0 Å². The fourth-order valence-electron chi connectivity index (χ4n) is 2.84. The van der Waals surface area contributed by atoms with Crippen LogP contribution in [-0.4, -0.2) is 48.8 Å². The van der Waals surface area contributed by atoms with Gasteiger partial charge in [0.15, 0.2) is 11.5 Å². The highest BCUT2D eigenvalue weighted by Gasteiger charge is 2.34. The number of hydrogen-bond acceptors (Lipinski definition) is 7. The van der Waals surface area contributed by atoms with Crippen LogP contribution in [-0.2, 0) is 16.0 Å². The summed E-state index contributed by atoms with van der Waals surface area (Å²) in [5.41, 5.74) is 1.67. The Morgan fingerprint density at radius 3 is 2.77 bits per heavy atom. The van der Waals surface area contributed by atoms with E-state index in [1.165, 1.54) is 11.3 Å². The quantitative estimate of drug-likeness (QED) is 0.593. The maximum Gasteiger partial charge on any atom is 0.293 e. The van der Waals surface area contributed by atoms with Crippen LogP contribution in [0.1, 0.15) is 18.1 Å². The van der Waals surface area contributed by atoms with Crippen LogP contribution < -0.4 is 14.8 Å². The van der Waals surface area contributed by atoms with E-state index in [-0.39, 0.29) is 36.6 Å². The van der Waals surface area contributed by atoms with E-state index in [0.29, 0.717) is 23.0 Å². The first kappa shape index (κ1) is 21.9. The first-order chi connectivity index (χ1) is 14.5. The van der Waals surface area contributed by atoms with E-state index in [1.54, 1.807) is 31.4 Å². The number of ether oxygens (including phenoxy) is 2. The van der Waals surface area contributed by atoms with Crippen LogP contribution in [0.2, 0.25) is 0 Å². The van der Waals surface area contributed by atoms with Gasteiger partial charge in [0.05, 0.1) is 25.0 Å². The van der Waals surface area contributed by atoms with Crippen molar-refractivity contribution in [2.75, 3.05) is 26.8 Å². The van der Waals surface area contributed by atoms with Crippen LogP contribution in [0.4, 0.5) is 4.79 Å². The average molecular weight is 447 g/mol. The summed E-state index contributed by atoms with van der Waals surface area (Å²) < 4.78 is 10.8. The highest BCUT2D eigenvalue weighted by molar-refractivity contribution is 8.18. The van der Waals surface area contributed by atoms with Crippen LogP contribution in [0.3, 0.4) is 0 Å². The predicted octanol–water partition coefficient (Wildman–Crippen LogP) is 3.55. The molecule has 0 saturated carbocycles. The fourth-order valence-corrected chi connectivity index (χ4v) is 4.37. The molecule has 9 heteroatoms. The van der Waals surface area contributed by atoms with E-state index in [4.69, 9.17) is 9.47 Å². The van der Waals surface area contributed by atoms with Gasteiger partial charge in [0.1, 0.15) is 0 Å². The summed E-state index contributed by atoms with van der Waals surface area (Å²) in [6, 6.07) is 7.21. The van der Waals surface area contributed by atoms with Crippen LogP contribution in [0.15, 0.2) is 39.9 Å². The zero-order chi connectivity index (χ0) is 21.5. The Kier molecular flexibility index (Phi) is 7.53. The predicted molar refractivity (Wildman–Crippen MR) is 118 cm³/mol. The summed E-state index contributed by atoms with van der Waals surface area (Å²) in [5, 5.41) is 6.22. The minimum Gasteiger partial charge on any atom is -0.493 e. The molecule has 1 aliphatic heterocycles. The lowest BCUT2D eigenvalue weighted by Gasteiger charge is -2.13. The Bertz CT molecular complexity index is 956. The molecule has 158 valence electrons. The number of methoxy groups -OCH3 is 1. The van der Waals surface area contributed by atoms with Gasteiger partial charge in [-0.1, -0.05) is 6.07 Å². The number of thiophene rings is 1. The van der Waals surface area contributed by atoms with Gasteiger partial charge in [-0.3, -0.25) is 19.3 Å². The number of nitrogens with zero attached hydrogens (tertiary/aromatic N) is 1. The van der Waals surface area contributed by atoms with Crippen molar-refractivity contribution >= 4 is 46.2 Å². The molecule has 3 rings (SSSR count). The molecule has 0 unspecified atom stereocenters. The molecule has 3 amide bonds. The lowest BCUT2D eigenvalue weighted by molar-refractivity contribution is -0.124. The molecule has 2 aromatic rings. The molecule has 1 aromatic carbocycles. The number of benzene rings is 1.